The van der Waals surface area contributed by atoms with Crippen molar-refractivity contribution in [3.63, 3.8) is 0 Å². The van der Waals surface area contributed by atoms with E-state index in [4.69, 9.17) is 11.6 Å². The average Bonchev–Trinajstić information content (AvgIpc) is 2.86. The summed E-state index contributed by atoms with van der Waals surface area (Å²) in [5.74, 6) is -1.43. The van der Waals surface area contributed by atoms with Gasteiger partial charge in [-0.15, -0.1) is 0 Å². The molecule has 0 aliphatic rings. The van der Waals surface area contributed by atoms with Crippen molar-refractivity contribution in [2.45, 2.75) is 6.54 Å². The predicted octanol–water partition coefficient (Wildman–Crippen LogP) is 4.56. The highest BCUT2D eigenvalue weighted by Gasteiger charge is 2.11. The van der Waals surface area contributed by atoms with Crippen molar-refractivity contribution in [3.05, 3.63) is 58.7 Å². The maximum absolute atomic E-state index is 13.8. The molecule has 0 unspecified atom stereocenters. The molecule has 2 aromatic carbocycles. The largest absolute Gasteiger partial charge is 0.361 e. The van der Waals surface area contributed by atoms with Crippen LogP contribution < -0.4 is 10.6 Å². The van der Waals surface area contributed by atoms with Gasteiger partial charge in [0.2, 0.25) is 0 Å². The topological polar surface area (TPSA) is 39.9 Å². The van der Waals surface area contributed by atoms with E-state index in [1.165, 1.54) is 0 Å². The zero-order valence-electron chi connectivity index (χ0n) is 11.8. The third kappa shape index (κ3) is 2.77. The Bertz CT molecular complexity index is 806. The first-order valence-electron chi connectivity index (χ1n) is 6.74. The van der Waals surface area contributed by atoms with E-state index in [0.29, 0.717) is 5.69 Å². The zero-order chi connectivity index (χ0) is 15.7. The smallest absolute Gasteiger partial charge is 0.151 e. The van der Waals surface area contributed by atoms with Crippen molar-refractivity contribution in [2.75, 3.05) is 12.4 Å². The lowest BCUT2D eigenvalue weighted by molar-refractivity contribution is 0.586. The minimum Gasteiger partial charge on any atom is -0.361 e. The van der Waals surface area contributed by atoms with Crippen LogP contribution in [0.1, 0.15) is 5.56 Å². The van der Waals surface area contributed by atoms with Crippen LogP contribution in [0.4, 0.5) is 20.2 Å². The Morgan fingerprint density at radius 3 is 2.73 bits per heavy atom. The summed E-state index contributed by atoms with van der Waals surface area (Å²) in [6, 6.07) is 7.50. The summed E-state index contributed by atoms with van der Waals surface area (Å²) < 4.78 is 26.9. The third-order valence-electron chi connectivity index (χ3n) is 3.41. The molecule has 0 aliphatic carbocycles. The molecule has 3 aromatic rings. The summed E-state index contributed by atoms with van der Waals surface area (Å²) in [5.41, 5.74) is 2.80. The van der Waals surface area contributed by atoms with Gasteiger partial charge < -0.3 is 15.6 Å². The lowest BCUT2D eigenvalue weighted by Gasteiger charge is -2.10. The molecule has 0 saturated heterocycles. The molecule has 6 heteroatoms. The molecule has 1 aromatic heterocycles. The molecule has 3 nitrogen and oxygen atoms in total. The Morgan fingerprint density at radius 2 is 2.00 bits per heavy atom. The van der Waals surface area contributed by atoms with E-state index in [9.17, 15) is 8.78 Å². The molecule has 0 amide bonds. The van der Waals surface area contributed by atoms with Gasteiger partial charge in [0.05, 0.1) is 10.7 Å². The lowest BCUT2D eigenvalue weighted by Crippen LogP contribution is -2.03. The summed E-state index contributed by atoms with van der Waals surface area (Å²) in [7, 11) is 1.88. The van der Waals surface area contributed by atoms with E-state index in [1.54, 1.807) is 0 Å². The van der Waals surface area contributed by atoms with Crippen LogP contribution in [0.25, 0.3) is 10.9 Å². The minimum absolute atomic E-state index is 0.0000420. The minimum atomic E-state index is -0.729. The Balaban J connectivity index is 1.95. The van der Waals surface area contributed by atoms with Gasteiger partial charge in [-0.1, -0.05) is 17.7 Å². The second-order valence-corrected chi connectivity index (χ2v) is 5.38. The fourth-order valence-corrected chi connectivity index (χ4v) is 2.65. The lowest BCUT2D eigenvalue weighted by atomic mass is 10.1. The summed E-state index contributed by atoms with van der Waals surface area (Å²) in [6.07, 6.45) is 1.93. The normalized spacial score (nSPS) is 11.1. The van der Waals surface area contributed by atoms with E-state index in [2.05, 4.69) is 15.6 Å². The van der Waals surface area contributed by atoms with Gasteiger partial charge in [0.25, 0.3) is 0 Å². The molecule has 0 saturated carbocycles. The highest BCUT2D eigenvalue weighted by molar-refractivity contribution is 6.33. The van der Waals surface area contributed by atoms with Crippen LogP contribution in [0.15, 0.2) is 36.5 Å². The fraction of sp³-hybridized carbons (Fsp3) is 0.125. The van der Waals surface area contributed by atoms with Gasteiger partial charge in [-0.25, -0.2) is 8.78 Å². The van der Waals surface area contributed by atoms with Crippen LogP contribution >= 0.6 is 11.6 Å². The van der Waals surface area contributed by atoms with Gasteiger partial charge in [-0.05, 0) is 30.8 Å². The number of halogens is 3. The number of hydrogen-bond acceptors (Lipinski definition) is 2. The monoisotopic (exact) mass is 321 g/mol. The predicted molar refractivity (Wildman–Crippen MR) is 85.7 cm³/mol. The standard InChI is InChI=1S/C16H14ClF2N3/c1-20-7-9-8-21-15-6-11(2-3-12(9)15)22-16-13(17)4-10(18)5-14(16)19/h2-6,8,20-22H,7H2,1H3. The maximum atomic E-state index is 13.8. The molecular formula is C16H14ClF2N3. The molecule has 0 atom stereocenters. The van der Waals surface area contributed by atoms with Crippen LogP contribution in [-0.4, -0.2) is 12.0 Å². The molecule has 3 N–H and O–H groups in total. The number of H-pyrrole nitrogens is 1. The number of fused-ring (bicyclic) bond motifs is 1. The first-order valence-corrected chi connectivity index (χ1v) is 7.12. The van der Waals surface area contributed by atoms with Crippen molar-refractivity contribution in [3.8, 4) is 0 Å². The molecule has 0 aliphatic heterocycles. The number of rotatable bonds is 4. The van der Waals surface area contributed by atoms with Gasteiger partial charge in [-0.2, -0.15) is 0 Å². The van der Waals surface area contributed by atoms with Crippen molar-refractivity contribution in [1.29, 1.82) is 0 Å². The molecule has 0 spiro atoms. The first kappa shape index (κ1) is 14.8. The van der Waals surface area contributed by atoms with Crippen LogP contribution in [0, 0.1) is 11.6 Å². The summed E-state index contributed by atoms with van der Waals surface area (Å²) in [5, 5.41) is 7.08. The third-order valence-corrected chi connectivity index (χ3v) is 3.71. The molecular weight excluding hydrogens is 308 g/mol. The SMILES string of the molecule is CNCc1c[nH]c2cc(Nc3c(F)cc(F)cc3Cl)ccc12. The number of benzene rings is 2. The van der Waals surface area contributed by atoms with Gasteiger partial charge in [0.1, 0.15) is 5.82 Å². The quantitative estimate of drug-likeness (QED) is 0.659. The van der Waals surface area contributed by atoms with E-state index < -0.39 is 11.6 Å². The van der Waals surface area contributed by atoms with Gasteiger partial charge in [0.15, 0.2) is 5.82 Å². The number of anilines is 2. The molecule has 22 heavy (non-hydrogen) atoms. The summed E-state index contributed by atoms with van der Waals surface area (Å²) in [6.45, 7) is 0.755. The average molecular weight is 322 g/mol. The Kier molecular flexibility index (Phi) is 4.00. The number of aromatic nitrogens is 1. The van der Waals surface area contributed by atoms with Crippen molar-refractivity contribution < 1.29 is 8.78 Å². The maximum Gasteiger partial charge on any atom is 0.151 e. The Labute approximate surface area is 131 Å². The fourth-order valence-electron chi connectivity index (χ4n) is 2.41. The van der Waals surface area contributed by atoms with Crippen molar-refractivity contribution in [1.82, 2.24) is 10.3 Å². The number of aromatic amines is 1. The Hall–Kier alpha value is -2.11. The van der Waals surface area contributed by atoms with Crippen LogP contribution in [0.3, 0.4) is 0 Å². The summed E-state index contributed by atoms with van der Waals surface area (Å²) >= 11 is 5.89. The summed E-state index contributed by atoms with van der Waals surface area (Å²) in [4.78, 5) is 3.17. The van der Waals surface area contributed by atoms with Crippen LogP contribution in [0.5, 0.6) is 0 Å². The van der Waals surface area contributed by atoms with E-state index in [0.717, 1.165) is 35.1 Å². The van der Waals surface area contributed by atoms with Gasteiger partial charge in [0, 0.05) is 35.4 Å². The van der Waals surface area contributed by atoms with Gasteiger partial charge >= 0.3 is 0 Å². The molecule has 114 valence electrons. The van der Waals surface area contributed by atoms with Crippen LogP contribution in [-0.2, 0) is 6.54 Å². The zero-order valence-corrected chi connectivity index (χ0v) is 12.6. The Morgan fingerprint density at radius 1 is 1.18 bits per heavy atom. The first-order chi connectivity index (χ1) is 10.6. The second kappa shape index (κ2) is 5.94. The highest BCUT2D eigenvalue weighted by Crippen LogP contribution is 2.31. The second-order valence-electron chi connectivity index (χ2n) is 4.97. The molecule has 0 bridgehead atoms. The van der Waals surface area contributed by atoms with Gasteiger partial charge in [-0.3, -0.25) is 0 Å². The molecule has 1 heterocycles. The van der Waals surface area contributed by atoms with Crippen molar-refractivity contribution >= 4 is 33.9 Å². The number of nitrogens with one attached hydrogen (secondary N) is 3. The molecule has 0 fully saturated rings. The van der Waals surface area contributed by atoms with Crippen molar-refractivity contribution in [2.24, 2.45) is 0 Å². The highest BCUT2D eigenvalue weighted by atomic mass is 35.5. The van der Waals surface area contributed by atoms with E-state index in [1.807, 2.05) is 31.4 Å². The van der Waals surface area contributed by atoms with Crippen LogP contribution in [0.2, 0.25) is 5.02 Å². The van der Waals surface area contributed by atoms with E-state index >= 15 is 0 Å². The van der Waals surface area contributed by atoms with E-state index in [-0.39, 0.29) is 10.7 Å². The molecule has 0 radical (unpaired) electrons. The number of hydrogen-bond donors (Lipinski definition) is 3. The molecule has 3 rings (SSSR count).